The van der Waals surface area contributed by atoms with Crippen molar-refractivity contribution >= 4 is 35.0 Å². The lowest BCUT2D eigenvalue weighted by Gasteiger charge is -2.44. The molecule has 2 aromatic heterocycles. The summed E-state index contributed by atoms with van der Waals surface area (Å²) >= 11 is 0. The van der Waals surface area contributed by atoms with Crippen LogP contribution in [-0.4, -0.2) is 143 Å². The van der Waals surface area contributed by atoms with Crippen LogP contribution in [0.1, 0.15) is 204 Å². The molecular weight excluding hydrogens is 1120 g/mol. The second kappa shape index (κ2) is 23.8. The highest BCUT2D eigenvalue weighted by Gasteiger charge is 2.75. The Morgan fingerprint density at radius 1 is 0.315 bits per heavy atom. The van der Waals surface area contributed by atoms with Gasteiger partial charge in [-0.25, -0.2) is 14.1 Å². The summed E-state index contributed by atoms with van der Waals surface area (Å²) in [6, 6.07) is 0. The number of ether oxygens (including phenoxy) is 8. The monoisotopic (exact) mass is 1210 g/mol. The maximum Gasteiger partial charge on any atom is 0.402 e. The first-order valence-electron chi connectivity index (χ1n) is 35.6. The van der Waals surface area contributed by atoms with E-state index in [-0.39, 0.29) is 96.2 Å². The van der Waals surface area contributed by atoms with Crippen LogP contribution in [-0.2, 0) is 43.8 Å². The second-order valence-corrected chi connectivity index (χ2v) is 27.5. The standard InChI is InChI=1S/C73H96N8O8/c1-9-17-33-82-57-41-25-26-42(58(57)83-34-18-10-2)50-49(41)65-74-67-51-43-27-28-44(60(85-36-20-12-4)59(43)84-35-19-11-3)52(51)69-76-71-55-47-31-32-48(64(89-40-24-16-8)63(47)88-39-23-15-7)56(55)72-77-70-54-46-30-29-45(61(86-37-21-13-5)62(46)87-38-22-14-6)53(54)68-75-66(50)78(65)73(79(67)69,80(68)70)81(71)72/h25-32,41-48,57-64H,9-24,33-40H2,1-8H3/q+2. The fourth-order valence-electron chi connectivity index (χ4n) is 18.0. The van der Waals surface area contributed by atoms with Gasteiger partial charge < -0.3 is 37.9 Å². The molecular formula is C73H96N8O8+2. The van der Waals surface area contributed by atoms with Crippen LogP contribution in [0.5, 0.6) is 0 Å². The topological polar surface area (TPSA) is 139 Å². The number of hydrogen-bond donors (Lipinski definition) is 0. The average Bonchev–Trinajstić information content (AvgIpc) is 1.46. The molecule has 0 saturated heterocycles. The van der Waals surface area contributed by atoms with Crippen LogP contribution in [0.15, 0.2) is 90.9 Å². The van der Waals surface area contributed by atoms with Gasteiger partial charge >= 0.3 is 5.91 Å². The van der Waals surface area contributed by atoms with E-state index in [0.717, 1.165) is 149 Å². The van der Waals surface area contributed by atoms with E-state index in [1.165, 1.54) is 44.5 Å². The van der Waals surface area contributed by atoms with E-state index in [1.54, 1.807) is 0 Å². The predicted octanol–water partition coefficient (Wildman–Crippen LogP) is 11.8. The summed E-state index contributed by atoms with van der Waals surface area (Å²) in [4.78, 5) is 25.1. The van der Waals surface area contributed by atoms with E-state index in [0.29, 0.717) is 52.9 Å². The van der Waals surface area contributed by atoms with E-state index >= 15 is 0 Å². The van der Waals surface area contributed by atoms with E-state index in [4.69, 9.17) is 57.9 Å². The molecule has 17 unspecified atom stereocenters. The van der Waals surface area contributed by atoms with Crippen LogP contribution >= 0.6 is 0 Å². The minimum atomic E-state index is -1.22. The van der Waals surface area contributed by atoms with E-state index < -0.39 is 5.91 Å². The van der Waals surface area contributed by atoms with Gasteiger partial charge in [-0.1, -0.05) is 170 Å². The molecule has 0 aromatic carbocycles. The fourth-order valence-corrected chi connectivity index (χ4v) is 18.0. The van der Waals surface area contributed by atoms with Crippen molar-refractivity contribution in [2.45, 2.75) is 237 Å². The van der Waals surface area contributed by atoms with Gasteiger partial charge in [0.05, 0.1) is 48.8 Å². The quantitative estimate of drug-likeness (QED) is 0.0401. The summed E-state index contributed by atoms with van der Waals surface area (Å²) in [7, 11) is 0. The van der Waals surface area contributed by atoms with Gasteiger partial charge in [0.2, 0.25) is 11.3 Å². The fraction of sp³-hybridized carbons (Fsp3) is 0.671. The number of nitrogens with zero attached hydrogens (tertiary/aromatic N) is 8. The molecule has 0 fully saturated rings. The Bertz CT molecular complexity index is 3650. The first-order chi connectivity index (χ1) is 43.9. The lowest BCUT2D eigenvalue weighted by molar-refractivity contribution is -0.792. The molecule has 2 aromatic rings. The molecule has 8 bridgehead atoms. The Morgan fingerprint density at radius 3 is 0.933 bits per heavy atom. The minimum Gasteiger partial charge on any atom is -0.375 e. The number of amidine groups is 4. The number of fused-ring (bicyclic) bond motifs is 4. The molecule has 6 aliphatic heterocycles. The van der Waals surface area contributed by atoms with E-state index in [9.17, 15) is 0 Å². The smallest absolute Gasteiger partial charge is 0.375 e. The normalized spacial score (nSPS) is 34.4. The summed E-state index contributed by atoms with van der Waals surface area (Å²) < 4.78 is 68.1. The van der Waals surface area contributed by atoms with Crippen molar-refractivity contribution < 1.29 is 47.0 Å². The van der Waals surface area contributed by atoms with Gasteiger partial charge in [0.1, 0.15) is 11.3 Å². The zero-order valence-corrected chi connectivity index (χ0v) is 54.2. The molecule has 16 nitrogen and oxygen atoms in total. The number of hydrogen-bond acceptors (Lipinski definition) is 12. The number of rotatable bonds is 32. The van der Waals surface area contributed by atoms with Crippen molar-refractivity contribution in [3.8, 4) is 0 Å². The highest BCUT2D eigenvalue weighted by atomic mass is 16.6. The minimum absolute atomic E-state index is 0.138. The summed E-state index contributed by atoms with van der Waals surface area (Å²) in [6.45, 7) is 23.3. The van der Waals surface area contributed by atoms with E-state index in [2.05, 4.69) is 122 Å². The van der Waals surface area contributed by atoms with Crippen LogP contribution in [0.25, 0.3) is 0 Å². The molecule has 0 saturated carbocycles. The summed E-state index contributed by atoms with van der Waals surface area (Å²) in [6.07, 6.45) is 34.0. The third kappa shape index (κ3) is 8.36. The molecule has 474 valence electrons. The van der Waals surface area contributed by atoms with Crippen LogP contribution in [0.4, 0.5) is 11.6 Å². The largest absolute Gasteiger partial charge is 0.402 e. The SMILES string of the molecule is CCCCOC1C2C=CC(C3=C2C2=Nc4c5c(c6n4C47n8c(c9c(c8=N6)C6C=CC9C(OCCCC)C6OCCCC)=NC6=[N+]4C(=NC3=[N+]27)C2=C6C3C=CC2C(OCCCC)C3OCCCC)C2C=CC5C(OCCCC)C2OCCCC)C1OCCCC. The van der Waals surface area contributed by atoms with Crippen molar-refractivity contribution in [3.05, 3.63) is 104 Å². The molecule has 20 rings (SSSR count). The lowest BCUT2D eigenvalue weighted by atomic mass is 9.67. The summed E-state index contributed by atoms with van der Waals surface area (Å²) in [5.74, 6) is 3.25. The Kier molecular flexibility index (Phi) is 15.8. The number of aromatic nitrogens is 2. The lowest BCUT2D eigenvalue weighted by Crippen LogP contribution is -2.72. The first kappa shape index (κ1) is 59.0. The highest BCUT2D eigenvalue weighted by molar-refractivity contribution is 6.23. The van der Waals surface area contributed by atoms with Gasteiger partial charge in [-0.15, -0.1) is 9.15 Å². The highest BCUT2D eigenvalue weighted by Crippen LogP contribution is 2.63. The zero-order chi connectivity index (χ0) is 60.4. The third-order valence-corrected chi connectivity index (χ3v) is 22.2. The Labute approximate surface area is 526 Å². The van der Waals surface area contributed by atoms with Crippen LogP contribution < -0.4 is 11.0 Å². The molecule has 0 radical (unpaired) electrons. The summed E-state index contributed by atoms with van der Waals surface area (Å²) in [5, 5.41) is 0. The van der Waals surface area contributed by atoms with Gasteiger partial charge in [0, 0.05) is 145 Å². The predicted molar refractivity (Wildman–Crippen MR) is 342 cm³/mol. The van der Waals surface area contributed by atoms with Crippen LogP contribution in [0, 0.1) is 23.7 Å². The molecule has 89 heavy (non-hydrogen) atoms. The zero-order valence-electron chi connectivity index (χ0n) is 54.2. The maximum atomic E-state index is 7.22. The molecule has 18 aliphatic rings. The molecule has 0 amide bonds. The molecule has 17 atom stereocenters. The number of aliphatic imine (C=N–C) groups is 2. The maximum absolute atomic E-state index is 7.22. The Hall–Kier alpha value is -5.04. The van der Waals surface area contributed by atoms with Gasteiger partial charge in [0.25, 0.3) is 23.3 Å². The molecule has 12 aliphatic carbocycles. The molecule has 8 heterocycles. The average molecular weight is 1210 g/mol. The van der Waals surface area contributed by atoms with Crippen molar-refractivity contribution in [1.82, 2.24) is 9.13 Å². The Balaban J connectivity index is 1.01. The molecule has 16 heteroatoms. The van der Waals surface area contributed by atoms with Gasteiger partial charge in [-0.2, -0.15) is 0 Å². The van der Waals surface area contributed by atoms with Crippen LogP contribution in [0.3, 0.4) is 0 Å². The van der Waals surface area contributed by atoms with Crippen molar-refractivity contribution in [2.75, 3.05) is 52.9 Å². The second-order valence-electron chi connectivity index (χ2n) is 27.5. The Morgan fingerprint density at radius 2 is 0.584 bits per heavy atom. The number of unbranched alkanes of at least 4 members (excludes halogenated alkanes) is 8. The van der Waals surface area contributed by atoms with Crippen molar-refractivity contribution in [1.29, 1.82) is 0 Å². The molecule has 0 N–H and O–H groups in total. The summed E-state index contributed by atoms with van der Waals surface area (Å²) in [5.41, 5.74) is 11.5. The first-order valence-corrected chi connectivity index (χ1v) is 35.6. The van der Waals surface area contributed by atoms with Gasteiger partial charge in [-0.3, -0.25) is 0 Å². The van der Waals surface area contributed by atoms with E-state index in [1.807, 2.05) is 0 Å². The molecule has 1 spiro atoms. The van der Waals surface area contributed by atoms with Crippen molar-refractivity contribution in [2.24, 2.45) is 43.6 Å². The van der Waals surface area contributed by atoms with Crippen molar-refractivity contribution in [3.63, 3.8) is 0 Å². The van der Waals surface area contributed by atoms with Gasteiger partial charge in [0.15, 0.2) is 0 Å². The van der Waals surface area contributed by atoms with Crippen LogP contribution in [0.2, 0.25) is 0 Å². The van der Waals surface area contributed by atoms with Gasteiger partial charge in [-0.05, 0) is 51.4 Å². The third-order valence-electron chi connectivity index (χ3n) is 22.2.